The van der Waals surface area contributed by atoms with Gasteiger partial charge in [0.2, 0.25) is 0 Å². The molecular formula is C14H22O2. The summed E-state index contributed by atoms with van der Waals surface area (Å²) in [7, 11) is 0. The first-order chi connectivity index (χ1) is 7.43. The molecule has 0 aromatic carbocycles. The van der Waals surface area contributed by atoms with Crippen LogP contribution in [0.3, 0.4) is 0 Å². The van der Waals surface area contributed by atoms with E-state index in [9.17, 15) is 4.79 Å². The van der Waals surface area contributed by atoms with E-state index in [0.717, 1.165) is 6.42 Å². The Morgan fingerprint density at radius 1 is 1.50 bits per heavy atom. The minimum atomic E-state index is -0.198. The van der Waals surface area contributed by atoms with Crippen molar-refractivity contribution in [1.29, 1.82) is 0 Å². The van der Waals surface area contributed by atoms with Gasteiger partial charge in [-0.05, 0) is 26.2 Å². The Morgan fingerprint density at radius 3 is 2.62 bits per heavy atom. The zero-order valence-electron chi connectivity index (χ0n) is 10.9. The van der Waals surface area contributed by atoms with Crippen LogP contribution in [0.4, 0.5) is 0 Å². The number of hydrogen-bond acceptors (Lipinski definition) is 2. The molecule has 0 aromatic heterocycles. The summed E-state index contributed by atoms with van der Waals surface area (Å²) in [5.41, 5.74) is 2.75. The van der Waals surface area contributed by atoms with Crippen molar-refractivity contribution in [3.63, 3.8) is 0 Å². The van der Waals surface area contributed by atoms with Gasteiger partial charge in [-0.2, -0.15) is 0 Å². The van der Waals surface area contributed by atoms with Gasteiger partial charge in [0.25, 0.3) is 0 Å². The van der Waals surface area contributed by atoms with Crippen LogP contribution in [0.15, 0.2) is 23.3 Å². The van der Waals surface area contributed by atoms with Crippen molar-refractivity contribution in [3.8, 4) is 0 Å². The lowest BCUT2D eigenvalue weighted by molar-refractivity contribution is -0.147. The van der Waals surface area contributed by atoms with Crippen molar-refractivity contribution in [2.45, 2.75) is 47.1 Å². The number of hydrogen-bond donors (Lipinski definition) is 0. The fraction of sp³-hybridized carbons (Fsp3) is 0.643. The van der Waals surface area contributed by atoms with E-state index in [1.54, 1.807) is 0 Å². The van der Waals surface area contributed by atoms with E-state index >= 15 is 0 Å². The fourth-order valence-electron chi connectivity index (χ4n) is 2.49. The van der Waals surface area contributed by atoms with Gasteiger partial charge in [0.1, 0.15) is 6.10 Å². The highest BCUT2D eigenvalue weighted by atomic mass is 16.5. The fourth-order valence-corrected chi connectivity index (χ4v) is 2.49. The first-order valence-corrected chi connectivity index (χ1v) is 5.98. The standard InChI is InChI=1S/C14H22O2/c1-9-7-6-8-10(2)14(9)11(3)12(4)16-13(5)15/h6-7,10-12H,8H2,1-5H3/t10?,11-,12+/m0/s1. The molecule has 16 heavy (non-hydrogen) atoms. The summed E-state index contributed by atoms with van der Waals surface area (Å²) in [6.07, 6.45) is 5.43. The van der Waals surface area contributed by atoms with Gasteiger partial charge < -0.3 is 4.74 Å². The molecule has 0 spiro atoms. The molecule has 0 fully saturated rings. The van der Waals surface area contributed by atoms with Crippen LogP contribution >= 0.6 is 0 Å². The molecule has 0 saturated heterocycles. The molecule has 0 N–H and O–H groups in total. The van der Waals surface area contributed by atoms with Gasteiger partial charge in [-0.1, -0.05) is 37.1 Å². The van der Waals surface area contributed by atoms with Crippen LogP contribution < -0.4 is 0 Å². The highest BCUT2D eigenvalue weighted by Crippen LogP contribution is 2.33. The van der Waals surface area contributed by atoms with E-state index in [0.29, 0.717) is 11.8 Å². The summed E-state index contributed by atoms with van der Waals surface area (Å²) >= 11 is 0. The summed E-state index contributed by atoms with van der Waals surface area (Å²) in [6, 6.07) is 0. The summed E-state index contributed by atoms with van der Waals surface area (Å²) < 4.78 is 5.26. The van der Waals surface area contributed by atoms with Crippen LogP contribution in [-0.2, 0) is 9.53 Å². The lowest BCUT2D eigenvalue weighted by atomic mass is 9.79. The molecule has 1 unspecified atom stereocenters. The van der Waals surface area contributed by atoms with Gasteiger partial charge in [0.15, 0.2) is 0 Å². The van der Waals surface area contributed by atoms with Crippen LogP contribution in [0, 0.1) is 11.8 Å². The Kier molecular flexibility index (Phi) is 4.34. The van der Waals surface area contributed by atoms with Gasteiger partial charge in [0, 0.05) is 12.8 Å². The molecule has 0 bridgehead atoms. The average molecular weight is 222 g/mol. The molecular weight excluding hydrogens is 200 g/mol. The van der Waals surface area contributed by atoms with Crippen molar-refractivity contribution < 1.29 is 9.53 Å². The van der Waals surface area contributed by atoms with Crippen molar-refractivity contribution in [2.24, 2.45) is 11.8 Å². The normalized spacial score (nSPS) is 24.2. The second-order valence-electron chi connectivity index (χ2n) is 4.78. The predicted octanol–water partition coefficient (Wildman–Crippen LogP) is 3.49. The zero-order chi connectivity index (χ0) is 12.3. The summed E-state index contributed by atoms with van der Waals surface area (Å²) in [5, 5.41) is 0. The molecule has 1 rings (SSSR count). The molecule has 0 amide bonds. The Balaban J connectivity index is 2.82. The number of carbonyl (C=O) groups is 1. The molecule has 0 heterocycles. The topological polar surface area (TPSA) is 26.3 Å². The third kappa shape index (κ3) is 2.97. The molecule has 2 heteroatoms. The Morgan fingerprint density at radius 2 is 2.12 bits per heavy atom. The highest BCUT2D eigenvalue weighted by Gasteiger charge is 2.25. The van der Waals surface area contributed by atoms with E-state index in [2.05, 4.69) is 32.9 Å². The molecule has 1 aliphatic rings. The van der Waals surface area contributed by atoms with Gasteiger partial charge in [-0.25, -0.2) is 0 Å². The molecule has 0 aromatic rings. The maximum Gasteiger partial charge on any atom is 0.302 e. The summed E-state index contributed by atoms with van der Waals surface area (Å²) in [4.78, 5) is 11.0. The molecule has 0 radical (unpaired) electrons. The van der Waals surface area contributed by atoms with Gasteiger partial charge >= 0.3 is 5.97 Å². The third-order valence-corrected chi connectivity index (χ3v) is 3.39. The number of rotatable bonds is 3. The number of carbonyl (C=O) groups excluding carboxylic acids is 1. The molecule has 3 atom stereocenters. The van der Waals surface area contributed by atoms with Crippen LogP contribution in [0.5, 0.6) is 0 Å². The first-order valence-electron chi connectivity index (χ1n) is 5.98. The Labute approximate surface area is 98.4 Å². The van der Waals surface area contributed by atoms with Gasteiger partial charge in [0.05, 0.1) is 0 Å². The Hall–Kier alpha value is -1.05. The predicted molar refractivity (Wildman–Crippen MR) is 66.0 cm³/mol. The Bertz CT molecular complexity index is 326. The largest absolute Gasteiger partial charge is 0.462 e. The van der Waals surface area contributed by atoms with Crippen LogP contribution in [0.1, 0.15) is 41.0 Å². The van der Waals surface area contributed by atoms with Gasteiger partial charge in [-0.3, -0.25) is 4.79 Å². The van der Waals surface area contributed by atoms with E-state index in [4.69, 9.17) is 4.74 Å². The molecule has 1 aliphatic carbocycles. The zero-order valence-corrected chi connectivity index (χ0v) is 10.9. The van der Waals surface area contributed by atoms with E-state index < -0.39 is 0 Å². The minimum Gasteiger partial charge on any atom is -0.462 e. The second-order valence-corrected chi connectivity index (χ2v) is 4.78. The SMILES string of the molecule is CC(=O)O[C@H](C)[C@H](C)C1=C(C)C=CCC1C. The van der Waals surface area contributed by atoms with Crippen molar-refractivity contribution >= 4 is 5.97 Å². The smallest absolute Gasteiger partial charge is 0.302 e. The number of allylic oxidation sites excluding steroid dienone is 3. The first kappa shape index (κ1) is 13.0. The second kappa shape index (κ2) is 5.33. The van der Waals surface area contributed by atoms with Crippen molar-refractivity contribution in [1.82, 2.24) is 0 Å². The molecule has 90 valence electrons. The van der Waals surface area contributed by atoms with Crippen molar-refractivity contribution in [2.75, 3.05) is 0 Å². The van der Waals surface area contributed by atoms with Gasteiger partial charge in [-0.15, -0.1) is 0 Å². The lowest BCUT2D eigenvalue weighted by Crippen LogP contribution is -2.26. The highest BCUT2D eigenvalue weighted by molar-refractivity contribution is 5.66. The number of ether oxygens (including phenoxy) is 1. The van der Waals surface area contributed by atoms with Crippen LogP contribution in [-0.4, -0.2) is 12.1 Å². The molecule has 2 nitrogen and oxygen atoms in total. The molecule has 0 saturated carbocycles. The summed E-state index contributed by atoms with van der Waals surface area (Å²) in [5.74, 6) is 0.651. The van der Waals surface area contributed by atoms with E-state index in [1.165, 1.54) is 18.1 Å². The minimum absolute atomic E-state index is 0.0450. The van der Waals surface area contributed by atoms with Crippen LogP contribution in [0.25, 0.3) is 0 Å². The van der Waals surface area contributed by atoms with Crippen molar-refractivity contribution in [3.05, 3.63) is 23.3 Å². The molecule has 0 aliphatic heterocycles. The van der Waals surface area contributed by atoms with E-state index in [1.807, 2.05) is 6.92 Å². The van der Waals surface area contributed by atoms with E-state index in [-0.39, 0.29) is 12.1 Å². The lowest BCUT2D eigenvalue weighted by Gasteiger charge is -2.29. The summed E-state index contributed by atoms with van der Waals surface area (Å²) in [6.45, 7) is 9.95. The number of esters is 1. The average Bonchev–Trinajstić information content (AvgIpc) is 2.16. The maximum absolute atomic E-state index is 11.0. The maximum atomic E-state index is 11.0. The quantitative estimate of drug-likeness (QED) is 0.683. The third-order valence-electron chi connectivity index (χ3n) is 3.39. The van der Waals surface area contributed by atoms with Crippen LogP contribution in [0.2, 0.25) is 0 Å². The monoisotopic (exact) mass is 222 g/mol.